The van der Waals surface area contributed by atoms with Gasteiger partial charge in [0.15, 0.2) is 6.61 Å². The summed E-state index contributed by atoms with van der Waals surface area (Å²) in [6.45, 7) is 2.35. The Kier molecular flexibility index (Phi) is 9.10. The van der Waals surface area contributed by atoms with Gasteiger partial charge in [0.25, 0.3) is 11.8 Å². The topological polar surface area (TPSA) is 76.7 Å². The average molecular weight is 470 g/mol. The van der Waals surface area contributed by atoms with E-state index in [1.165, 1.54) is 0 Å². The molecule has 0 heterocycles. The highest BCUT2D eigenvalue weighted by Gasteiger charge is 2.13. The van der Waals surface area contributed by atoms with E-state index in [0.717, 1.165) is 23.7 Å². The molecule has 2 rings (SSSR count). The summed E-state index contributed by atoms with van der Waals surface area (Å²) >= 11 is 9.32. The van der Waals surface area contributed by atoms with Crippen LogP contribution in [0.25, 0.3) is 0 Å². The first kappa shape index (κ1) is 22.0. The van der Waals surface area contributed by atoms with Crippen molar-refractivity contribution in [3.63, 3.8) is 0 Å². The lowest BCUT2D eigenvalue weighted by Gasteiger charge is -2.13. The number of hydrogen-bond acceptors (Lipinski definition) is 4. The standard InChI is InChI=1S/C20H22BrClN2O4/c1-2-3-6-11-27-17-8-5-4-7-15(17)20(26)24-23-19(25)13-28-18-10-9-14(21)12-16(18)22/h4-5,7-10,12H,2-3,6,11,13H2,1H3,(H,23,25)(H,24,26). The molecule has 2 aromatic carbocycles. The Bertz CT molecular complexity index is 817. The number of hydrogen-bond donors (Lipinski definition) is 2. The molecule has 8 heteroatoms. The fourth-order valence-electron chi connectivity index (χ4n) is 2.28. The van der Waals surface area contributed by atoms with Crippen LogP contribution in [0, 0.1) is 0 Å². The summed E-state index contributed by atoms with van der Waals surface area (Å²) in [4.78, 5) is 24.3. The van der Waals surface area contributed by atoms with Gasteiger partial charge < -0.3 is 9.47 Å². The second kappa shape index (κ2) is 11.6. The Hall–Kier alpha value is -2.25. The van der Waals surface area contributed by atoms with Crippen LogP contribution in [0.5, 0.6) is 11.5 Å². The van der Waals surface area contributed by atoms with Gasteiger partial charge in [0.1, 0.15) is 11.5 Å². The molecule has 150 valence electrons. The van der Waals surface area contributed by atoms with Gasteiger partial charge in [0, 0.05) is 4.47 Å². The van der Waals surface area contributed by atoms with Crippen molar-refractivity contribution in [2.75, 3.05) is 13.2 Å². The smallest absolute Gasteiger partial charge is 0.276 e. The molecule has 2 aromatic rings. The van der Waals surface area contributed by atoms with Crippen LogP contribution in [0.4, 0.5) is 0 Å². The van der Waals surface area contributed by atoms with Crippen LogP contribution >= 0.6 is 27.5 Å². The first-order valence-electron chi connectivity index (χ1n) is 8.90. The molecule has 0 unspecified atom stereocenters. The lowest BCUT2D eigenvalue weighted by atomic mass is 10.2. The molecule has 0 saturated heterocycles. The van der Waals surface area contributed by atoms with Gasteiger partial charge in [0.2, 0.25) is 0 Å². The monoisotopic (exact) mass is 468 g/mol. The van der Waals surface area contributed by atoms with Gasteiger partial charge in [-0.25, -0.2) is 0 Å². The molecule has 0 spiro atoms. The number of amides is 2. The van der Waals surface area contributed by atoms with Crippen LogP contribution in [0.3, 0.4) is 0 Å². The number of benzene rings is 2. The minimum Gasteiger partial charge on any atom is -0.493 e. The molecule has 2 amide bonds. The Labute approximate surface area is 177 Å². The number of hydrazine groups is 1. The quantitative estimate of drug-likeness (QED) is 0.418. The first-order valence-corrected chi connectivity index (χ1v) is 10.1. The number of halogens is 2. The summed E-state index contributed by atoms with van der Waals surface area (Å²) in [5.74, 6) is -0.143. The minimum absolute atomic E-state index is 0.295. The lowest BCUT2D eigenvalue weighted by Crippen LogP contribution is -2.43. The van der Waals surface area contributed by atoms with Crippen LogP contribution < -0.4 is 20.3 Å². The number of carbonyl (C=O) groups is 2. The molecule has 28 heavy (non-hydrogen) atoms. The largest absolute Gasteiger partial charge is 0.493 e. The molecule has 2 N–H and O–H groups in total. The highest BCUT2D eigenvalue weighted by Crippen LogP contribution is 2.27. The molecule has 0 fully saturated rings. The fraction of sp³-hybridized carbons (Fsp3) is 0.300. The van der Waals surface area contributed by atoms with E-state index >= 15 is 0 Å². The van der Waals surface area contributed by atoms with Crippen LogP contribution in [-0.2, 0) is 4.79 Å². The zero-order valence-corrected chi connectivity index (χ0v) is 17.8. The minimum atomic E-state index is -0.520. The number of carbonyl (C=O) groups excluding carboxylic acids is 2. The summed E-state index contributed by atoms with van der Waals surface area (Å²) < 4.78 is 11.8. The normalized spacial score (nSPS) is 10.2. The van der Waals surface area contributed by atoms with Crippen LogP contribution in [0.15, 0.2) is 46.9 Å². The molecule has 0 aliphatic carbocycles. The number of para-hydroxylation sites is 1. The van der Waals surface area contributed by atoms with Gasteiger partial charge in [-0.15, -0.1) is 0 Å². The molecule has 0 atom stereocenters. The Morgan fingerprint density at radius 1 is 1.04 bits per heavy atom. The van der Waals surface area contributed by atoms with Crippen molar-refractivity contribution in [2.45, 2.75) is 26.2 Å². The van der Waals surface area contributed by atoms with E-state index < -0.39 is 11.8 Å². The number of rotatable bonds is 9. The number of ether oxygens (including phenoxy) is 2. The zero-order valence-electron chi connectivity index (χ0n) is 15.5. The van der Waals surface area contributed by atoms with Gasteiger partial charge in [0.05, 0.1) is 17.2 Å². The van der Waals surface area contributed by atoms with Gasteiger partial charge >= 0.3 is 0 Å². The summed E-state index contributed by atoms with van der Waals surface area (Å²) in [7, 11) is 0. The maximum Gasteiger partial charge on any atom is 0.276 e. The molecule has 0 bridgehead atoms. The fourth-order valence-corrected chi connectivity index (χ4v) is 3.01. The lowest BCUT2D eigenvalue weighted by molar-refractivity contribution is -0.123. The SMILES string of the molecule is CCCCCOc1ccccc1C(=O)NNC(=O)COc1ccc(Br)cc1Cl. The number of nitrogens with one attached hydrogen (secondary N) is 2. The van der Waals surface area contributed by atoms with Gasteiger partial charge in [-0.05, 0) is 36.8 Å². The van der Waals surface area contributed by atoms with E-state index in [1.54, 1.807) is 42.5 Å². The zero-order chi connectivity index (χ0) is 20.4. The molecule has 0 aliphatic rings. The second-order valence-corrected chi connectivity index (χ2v) is 7.24. The van der Waals surface area contributed by atoms with E-state index in [0.29, 0.717) is 28.7 Å². The van der Waals surface area contributed by atoms with Crippen LogP contribution in [-0.4, -0.2) is 25.0 Å². The van der Waals surface area contributed by atoms with Crippen molar-refractivity contribution in [2.24, 2.45) is 0 Å². The molecule has 6 nitrogen and oxygen atoms in total. The average Bonchev–Trinajstić information content (AvgIpc) is 2.69. The van der Waals surface area contributed by atoms with E-state index in [1.807, 2.05) is 0 Å². The summed E-state index contributed by atoms with van der Waals surface area (Å²) in [6.07, 6.45) is 3.07. The Morgan fingerprint density at radius 3 is 2.57 bits per heavy atom. The Morgan fingerprint density at radius 2 is 1.82 bits per heavy atom. The van der Waals surface area contributed by atoms with E-state index in [4.69, 9.17) is 21.1 Å². The van der Waals surface area contributed by atoms with Gasteiger partial charge in [-0.3, -0.25) is 20.4 Å². The van der Waals surface area contributed by atoms with Crippen LogP contribution in [0.1, 0.15) is 36.5 Å². The maximum atomic E-state index is 12.4. The van der Waals surface area contributed by atoms with E-state index in [-0.39, 0.29) is 6.61 Å². The van der Waals surface area contributed by atoms with Crippen molar-refractivity contribution in [1.29, 1.82) is 0 Å². The highest BCUT2D eigenvalue weighted by atomic mass is 79.9. The predicted molar refractivity (Wildman–Crippen MR) is 112 cm³/mol. The van der Waals surface area contributed by atoms with Crippen molar-refractivity contribution >= 4 is 39.3 Å². The van der Waals surface area contributed by atoms with E-state index in [2.05, 4.69) is 33.7 Å². The molecule has 0 saturated carbocycles. The molecular weight excluding hydrogens is 448 g/mol. The first-order chi connectivity index (χ1) is 13.5. The molecule has 0 aliphatic heterocycles. The molecular formula is C20H22BrClN2O4. The Balaban J connectivity index is 1.83. The summed E-state index contributed by atoms with van der Waals surface area (Å²) in [5, 5.41) is 0.375. The highest BCUT2D eigenvalue weighted by molar-refractivity contribution is 9.10. The molecule has 0 aromatic heterocycles. The van der Waals surface area contributed by atoms with Gasteiger partial charge in [-0.1, -0.05) is 59.4 Å². The molecule has 0 radical (unpaired) electrons. The van der Waals surface area contributed by atoms with Crippen molar-refractivity contribution < 1.29 is 19.1 Å². The van der Waals surface area contributed by atoms with Crippen LogP contribution in [0.2, 0.25) is 5.02 Å². The number of unbranched alkanes of at least 4 members (excludes halogenated alkanes) is 2. The van der Waals surface area contributed by atoms with Crippen molar-refractivity contribution in [1.82, 2.24) is 10.9 Å². The van der Waals surface area contributed by atoms with E-state index in [9.17, 15) is 9.59 Å². The third-order valence-electron chi connectivity index (χ3n) is 3.71. The second-order valence-electron chi connectivity index (χ2n) is 5.92. The third kappa shape index (κ3) is 7.05. The predicted octanol–water partition coefficient (Wildman–Crippen LogP) is 4.51. The summed E-state index contributed by atoms with van der Waals surface area (Å²) in [5.41, 5.74) is 5.02. The third-order valence-corrected chi connectivity index (χ3v) is 4.49. The summed E-state index contributed by atoms with van der Waals surface area (Å²) in [6, 6.07) is 11.9. The maximum absolute atomic E-state index is 12.4. The van der Waals surface area contributed by atoms with Crippen molar-refractivity contribution in [3.8, 4) is 11.5 Å². The van der Waals surface area contributed by atoms with Crippen molar-refractivity contribution in [3.05, 3.63) is 57.5 Å². The van der Waals surface area contributed by atoms with Gasteiger partial charge in [-0.2, -0.15) is 0 Å².